The number of carbonyl (C=O) groups excluding carboxylic acids is 1. The van der Waals surface area contributed by atoms with Crippen LogP contribution in [0.2, 0.25) is 0 Å². The Labute approximate surface area is 134 Å². The Morgan fingerprint density at radius 3 is 2.36 bits per heavy atom. The second kappa shape index (κ2) is 9.62. The van der Waals surface area contributed by atoms with Crippen LogP contribution in [-0.4, -0.2) is 23.8 Å². The number of unbranched alkanes of at least 4 members (excludes halogenated alkanes) is 2. The lowest BCUT2D eigenvalue weighted by Gasteiger charge is -2.31. The van der Waals surface area contributed by atoms with Gasteiger partial charge in [-0.15, -0.1) is 0 Å². The second-order valence-corrected chi connectivity index (χ2v) is 5.89. The lowest BCUT2D eigenvalue weighted by atomic mass is 9.79. The topological polar surface area (TPSA) is 46.5 Å². The van der Waals surface area contributed by atoms with Crippen LogP contribution in [0.3, 0.4) is 0 Å². The summed E-state index contributed by atoms with van der Waals surface area (Å²) >= 11 is 0. The van der Waals surface area contributed by atoms with E-state index < -0.39 is 5.41 Å². The van der Waals surface area contributed by atoms with Crippen molar-refractivity contribution in [2.75, 3.05) is 6.61 Å². The molecule has 0 aliphatic rings. The minimum Gasteiger partial charge on any atom is -0.462 e. The molecule has 2 unspecified atom stereocenters. The molecule has 0 heterocycles. The molecular formula is C19H30O3. The fourth-order valence-corrected chi connectivity index (χ4v) is 2.72. The van der Waals surface area contributed by atoms with E-state index in [1.807, 2.05) is 44.2 Å². The normalized spacial score (nSPS) is 15.1. The fourth-order valence-electron chi connectivity index (χ4n) is 2.72. The SMILES string of the molecule is CCCCCC(CC)OC(=O)C(CC)(CO)c1ccccc1. The van der Waals surface area contributed by atoms with Crippen LogP contribution < -0.4 is 0 Å². The molecule has 22 heavy (non-hydrogen) atoms. The molecule has 0 fully saturated rings. The third-order valence-electron chi connectivity index (χ3n) is 4.45. The van der Waals surface area contributed by atoms with E-state index in [0.717, 1.165) is 37.7 Å². The predicted molar refractivity (Wildman–Crippen MR) is 89.8 cm³/mol. The molecule has 0 bridgehead atoms. The maximum absolute atomic E-state index is 12.7. The van der Waals surface area contributed by atoms with Gasteiger partial charge in [0.05, 0.1) is 6.61 Å². The molecule has 0 aliphatic carbocycles. The van der Waals surface area contributed by atoms with Crippen LogP contribution >= 0.6 is 0 Å². The summed E-state index contributed by atoms with van der Waals surface area (Å²) in [5.74, 6) is -0.299. The Hall–Kier alpha value is -1.35. The van der Waals surface area contributed by atoms with E-state index in [0.29, 0.717) is 6.42 Å². The minimum atomic E-state index is -0.945. The van der Waals surface area contributed by atoms with Gasteiger partial charge < -0.3 is 9.84 Å². The maximum Gasteiger partial charge on any atom is 0.319 e. The number of aliphatic hydroxyl groups excluding tert-OH is 1. The van der Waals surface area contributed by atoms with Crippen molar-refractivity contribution in [1.82, 2.24) is 0 Å². The molecule has 3 nitrogen and oxygen atoms in total. The number of hydrogen-bond acceptors (Lipinski definition) is 3. The van der Waals surface area contributed by atoms with Gasteiger partial charge in [0.2, 0.25) is 0 Å². The van der Waals surface area contributed by atoms with Crippen molar-refractivity contribution in [3.05, 3.63) is 35.9 Å². The second-order valence-electron chi connectivity index (χ2n) is 5.89. The summed E-state index contributed by atoms with van der Waals surface area (Å²) in [5, 5.41) is 9.90. The van der Waals surface area contributed by atoms with Crippen molar-refractivity contribution in [3.63, 3.8) is 0 Å². The molecule has 3 heteroatoms. The zero-order valence-corrected chi connectivity index (χ0v) is 14.2. The summed E-state index contributed by atoms with van der Waals surface area (Å²) in [6, 6.07) is 9.47. The molecule has 0 amide bonds. The van der Waals surface area contributed by atoms with E-state index >= 15 is 0 Å². The molecule has 124 valence electrons. The zero-order valence-electron chi connectivity index (χ0n) is 14.2. The molecular weight excluding hydrogens is 276 g/mol. The van der Waals surface area contributed by atoms with Gasteiger partial charge in [-0.3, -0.25) is 4.79 Å². The number of benzene rings is 1. The molecule has 0 saturated carbocycles. The van der Waals surface area contributed by atoms with Gasteiger partial charge in [-0.25, -0.2) is 0 Å². The molecule has 1 aromatic carbocycles. The molecule has 0 aromatic heterocycles. The van der Waals surface area contributed by atoms with Crippen molar-refractivity contribution in [3.8, 4) is 0 Å². The molecule has 0 spiro atoms. The molecule has 1 rings (SSSR count). The van der Waals surface area contributed by atoms with E-state index in [1.54, 1.807) is 0 Å². The highest BCUT2D eigenvalue weighted by Gasteiger charge is 2.40. The summed E-state index contributed by atoms with van der Waals surface area (Å²) in [6.07, 6.45) is 5.57. The van der Waals surface area contributed by atoms with E-state index in [-0.39, 0.29) is 18.7 Å². The highest BCUT2D eigenvalue weighted by atomic mass is 16.5. The molecule has 0 aliphatic heterocycles. The van der Waals surface area contributed by atoms with Crippen LogP contribution in [0.25, 0.3) is 0 Å². The third-order valence-corrected chi connectivity index (χ3v) is 4.45. The summed E-state index contributed by atoms with van der Waals surface area (Å²) in [4.78, 5) is 12.7. The Kier molecular flexibility index (Phi) is 8.18. The molecule has 2 atom stereocenters. The zero-order chi connectivity index (χ0) is 16.4. The quantitative estimate of drug-likeness (QED) is 0.520. The summed E-state index contributed by atoms with van der Waals surface area (Å²) in [7, 11) is 0. The van der Waals surface area contributed by atoms with Crippen LogP contribution in [0, 0.1) is 0 Å². The number of ether oxygens (including phenoxy) is 1. The van der Waals surface area contributed by atoms with Gasteiger partial charge in [0.25, 0.3) is 0 Å². The van der Waals surface area contributed by atoms with Gasteiger partial charge in [0.15, 0.2) is 0 Å². The van der Waals surface area contributed by atoms with Gasteiger partial charge in [0.1, 0.15) is 11.5 Å². The Morgan fingerprint density at radius 1 is 1.18 bits per heavy atom. The summed E-state index contributed by atoms with van der Waals surface area (Å²) in [5.41, 5.74) is -0.118. The average molecular weight is 306 g/mol. The first-order valence-corrected chi connectivity index (χ1v) is 8.52. The summed E-state index contributed by atoms with van der Waals surface area (Å²) in [6.45, 7) is 5.90. The van der Waals surface area contributed by atoms with Gasteiger partial charge in [-0.2, -0.15) is 0 Å². The highest BCUT2D eigenvalue weighted by Crippen LogP contribution is 2.30. The van der Waals surface area contributed by atoms with Crippen LogP contribution in [0.5, 0.6) is 0 Å². The van der Waals surface area contributed by atoms with Crippen molar-refractivity contribution in [1.29, 1.82) is 0 Å². The predicted octanol–water partition coefficient (Wildman–Crippen LogP) is 4.23. The number of esters is 1. The van der Waals surface area contributed by atoms with Crippen LogP contribution in [-0.2, 0) is 14.9 Å². The monoisotopic (exact) mass is 306 g/mol. The van der Waals surface area contributed by atoms with Gasteiger partial charge >= 0.3 is 5.97 Å². The van der Waals surface area contributed by atoms with E-state index in [1.165, 1.54) is 0 Å². The van der Waals surface area contributed by atoms with Crippen molar-refractivity contribution in [2.24, 2.45) is 0 Å². The largest absolute Gasteiger partial charge is 0.462 e. The van der Waals surface area contributed by atoms with Crippen LogP contribution in [0.15, 0.2) is 30.3 Å². The Morgan fingerprint density at radius 2 is 1.86 bits per heavy atom. The first-order chi connectivity index (χ1) is 10.6. The standard InChI is InChI=1S/C19H30O3/c1-4-7-9-14-17(5-2)22-18(21)19(6-3,15-20)16-12-10-8-11-13-16/h8,10-13,17,20H,4-7,9,14-15H2,1-3H3. The maximum atomic E-state index is 12.7. The van der Waals surface area contributed by atoms with E-state index in [4.69, 9.17) is 4.74 Å². The van der Waals surface area contributed by atoms with Gasteiger partial charge in [-0.05, 0) is 31.2 Å². The lowest BCUT2D eigenvalue weighted by molar-refractivity contribution is -0.159. The minimum absolute atomic E-state index is 0.0553. The molecule has 0 saturated heterocycles. The van der Waals surface area contributed by atoms with Crippen LogP contribution in [0.4, 0.5) is 0 Å². The lowest BCUT2D eigenvalue weighted by Crippen LogP contribution is -2.42. The first kappa shape index (κ1) is 18.7. The number of rotatable bonds is 10. The molecule has 1 N–H and O–H groups in total. The van der Waals surface area contributed by atoms with Crippen molar-refractivity contribution < 1.29 is 14.6 Å². The highest BCUT2D eigenvalue weighted by molar-refractivity contribution is 5.83. The van der Waals surface area contributed by atoms with E-state index in [2.05, 4.69) is 6.92 Å². The number of carbonyl (C=O) groups is 1. The number of aliphatic hydroxyl groups is 1. The average Bonchev–Trinajstić information content (AvgIpc) is 2.56. The Balaban J connectivity index is 2.85. The number of hydrogen-bond donors (Lipinski definition) is 1. The first-order valence-electron chi connectivity index (χ1n) is 8.52. The van der Waals surface area contributed by atoms with Gasteiger partial charge in [0, 0.05) is 0 Å². The molecule has 1 aromatic rings. The Bertz CT molecular complexity index is 424. The van der Waals surface area contributed by atoms with Gasteiger partial charge in [-0.1, -0.05) is 63.9 Å². The smallest absolute Gasteiger partial charge is 0.319 e. The van der Waals surface area contributed by atoms with Crippen molar-refractivity contribution >= 4 is 5.97 Å². The summed E-state index contributed by atoms with van der Waals surface area (Å²) < 4.78 is 5.75. The third kappa shape index (κ3) is 4.57. The fraction of sp³-hybridized carbons (Fsp3) is 0.632. The van der Waals surface area contributed by atoms with E-state index in [9.17, 15) is 9.90 Å². The van der Waals surface area contributed by atoms with Crippen LogP contribution in [0.1, 0.15) is 64.9 Å². The molecule has 0 radical (unpaired) electrons. The van der Waals surface area contributed by atoms with Crippen molar-refractivity contribution in [2.45, 2.75) is 70.8 Å².